The average Bonchev–Trinajstić information content (AvgIpc) is 2.87. The van der Waals surface area contributed by atoms with Gasteiger partial charge < -0.3 is 9.47 Å². The van der Waals surface area contributed by atoms with E-state index in [9.17, 15) is 0 Å². The molecule has 4 aromatic rings. The average molecular weight is 419 g/mol. The molecular weight excluding hydrogens is 392 g/mol. The zero-order valence-electron chi connectivity index (χ0n) is 18.0. The van der Waals surface area contributed by atoms with Crippen LogP contribution in [-0.2, 0) is 13.2 Å². The molecule has 2 nitrogen and oxygen atoms in total. The van der Waals surface area contributed by atoms with Gasteiger partial charge in [-0.05, 0) is 57.6 Å². The van der Waals surface area contributed by atoms with Crippen LogP contribution in [0.3, 0.4) is 0 Å². The largest absolute Gasteiger partial charge is 0.489 e. The Bertz CT molecular complexity index is 1060. The van der Waals surface area contributed by atoms with Crippen molar-refractivity contribution in [3.63, 3.8) is 0 Å². The summed E-state index contributed by atoms with van der Waals surface area (Å²) in [5.74, 6) is 1.70. The van der Waals surface area contributed by atoms with E-state index in [1.165, 1.54) is 0 Å². The van der Waals surface area contributed by atoms with E-state index >= 15 is 0 Å². The summed E-state index contributed by atoms with van der Waals surface area (Å²) in [6.07, 6.45) is 3.67. The monoisotopic (exact) mass is 418 g/mol. The van der Waals surface area contributed by atoms with Crippen molar-refractivity contribution < 1.29 is 9.47 Å². The van der Waals surface area contributed by atoms with Crippen LogP contribution in [0.2, 0.25) is 0 Å². The van der Waals surface area contributed by atoms with Gasteiger partial charge in [0.25, 0.3) is 0 Å². The topological polar surface area (TPSA) is 18.5 Å². The summed E-state index contributed by atoms with van der Waals surface area (Å²) in [5.41, 5.74) is 6.76. The molecule has 0 N–H and O–H groups in total. The first-order valence-corrected chi connectivity index (χ1v) is 10.6. The summed E-state index contributed by atoms with van der Waals surface area (Å²) in [4.78, 5) is 0. The molecule has 0 fully saturated rings. The second-order valence-electron chi connectivity index (χ2n) is 7.52. The highest BCUT2D eigenvalue weighted by Gasteiger charge is 2.02. The molecule has 4 aromatic carbocycles. The van der Waals surface area contributed by atoms with Gasteiger partial charge in [0.15, 0.2) is 0 Å². The van der Waals surface area contributed by atoms with E-state index < -0.39 is 0 Å². The smallest absolute Gasteiger partial charge is 0.119 e. The van der Waals surface area contributed by atoms with E-state index in [0.717, 1.165) is 44.9 Å². The molecule has 0 heterocycles. The van der Waals surface area contributed by atoms with Crippen LogP contribution in [0.4, 0.5) is 0 Å². The van der Waals surface area contributed by atoms with Crippen LogP contribution in [0.1, 0.15) is 22.3 Å². The lowest BCUT2D eigenvalue weighted by Crippen LogP contribution is -1.95. The molecule has 0 atom stereocenters. The van der Waals surface area contributed by atoms with Gasteiger partial charge in [-0.3, -0.25) is 0 Å². The normalized spacial score (nSPS) is 10.4. The van der Waals surface area contributed by atoms with Crippen molar-refractivity contribution in [3.8, 4) is 22.6 Å². The first-order chi connectivity index (χ1) is 15.7. The van der Waals surface area contributed by atoms with Gasteiger partial charge in [0.05, 0.1) is 0 Å². The molecular formula is C30H26O2. The molecule has 0 unspecified atom stereocenters. The lowest BCUT2D eigenvalue weighted by Gasteiger charge is -2.09. The Morgan fingerprint density at radius 1 is 0.469 bits per heavy atom. The lowest BCUT2D eigenvalue weighted by molar-refractivity contribution is 0.306. The Morgan fingerprint density at radius 2 is 0.812 bits per heavy atom. The van der Waals surface area contributed by atoms with Crippen LogP contribution in [-0.4, -0.2) is 0 Å². The standard InChI is InChI=1S/C30H26O2/c1-3-23-5-9-25(10-6-23)21-31-29-17-13-27(14-18-29)28-15-19-30(20-16-28)32-22-26-11-7-24(4-2)8-12-26/h3-20H,1-2,21-22H2. The van der Waals surface area contributed by atoms with Gasteiger partial charge in [-0.1, -0.05) is 98.1 Å². The molecule has 0 aromatic heterocycles. The fraction of sp³-hybridized carbons (Fsp3) is 0.0667. The van der Waals surface area contributed by atoms with Gasteiger partial charge >= 0.3 is 0 Å². The highest BCUT2D eigenvalue weighted by atomic mass is 16.5. The second-order valence-corrected chi connectivity index (χ2v) is 7.52. The molecule has 0 saturated carbocycles. The molecule has 0 aliphatic heterocycles. The third kappa shape index (κ3) is 5.55. The Labute approximate surface area is 190 Å². The van der Waals surface area contributed by atoms with Crippen molar-refractivity contribution in [1.82, 2.24) is 0 Å². The van der Waals surface area contributed by atoms with E-state index in [0.29, 0.717) is 13.2 Å². The number of hydrogen-bond donors (Lipinski definition) is 0. The van der Waals surface area contributed by atoms with Gasteiger partial charge in [-0.2, -0.15) is 0 Å². The predicted molar refractivity (Wildman–Crippen MR) is 134 cm³/mol. The number of ether oxygens (including phenoxy) is 2. The van der Waals surface area contributed by atoms with Gasteiger partial charge in [-0.15, -0.1) is 0 Å². The molecule has 0 aliphatic carbocycles. The second kappa shape index (κ2) is 10.3. The molecule has 4 rings (SSSR count). The van der Waals surface area contributed by atoms with E-state index in [2.05, 4.69) is 61.7 Å². The zero-order chi connectivity index (χ0) is 22.2. The number of benzene rings is 4. The van der Waals surface area contributed by atoms with E-state index in [4.69, 9.17) is 9.47 Å². The number of rotatable bonds is 9. The van der Waals surface area contributed by atoms with Gasteiger partial charge in [-0.25, -0.2) is 0 Å². The first kappa shape index (κ1) is 21.2. The Morgan fingerprint density at radius 3 is 1.12 bits per heavy atom. The van der Waals surface area contributed by atoms with Crippen molar-refractivity contribution in [2.75, 3.05) is 0 Å². The Kier molecular flexibility index (Phi) is 6.84. The predicted octanol–water partition coefficient (Wildman–Crippen LogP) is 7.80. The summed E-state index contributed by atoms with van der Waals surface area (Å²) in [6, 6.07) is 32.7. The van der Waals surface area contributed by atoms with Gasteiger partial charge in [0.2, 0.25) is 0 Å². The lowest BCUT2D eigenvalue weighted by atomic mass is 10.1. The third-order valence-corrected chi connectivity index (χ3v) is 5.28. The SMILES string of the molecule is C=Cc1ccc(COc2ccc(-c3ccc(OCc4ccc(C=C)cc4)cc3)cc2)cc1. The zero-order valence-corrected chi connectivity index (χ0v) is 18.0. The number of hydrogen-bond acceptors (Lipinski definition) is 2. The minimum absolute atomic E-state index is 0.541. The summed E-state index contributed by atoms with van der Waals surface area (Å²) >= 11 is 0. The van der Waals surface area contributed by atoms with Crippen LogP contribution in [0.5, 0.6) is 11.5 Å². The minimum atomic E-state index is 0.541. The molecule has 32 heavy (non-hydrogen) atoms. The van der Waals surface area contributed by atoms with Gasteiger partial charge in [0.1, 0.15) is 24.7 Å². The van der Waals surface area contributed by atoms with E-state index in [-0.39, 0.29) is 0 Å². The van der Waals surface area contributed by atoms with E-state index in [1.54, 1.807) is 0 Å². The highest BCUT2D eigenvalue weighted by Crippen LogP contribution is 2.25. The van der Waals surface area contributed by atoms with Gasteiger partial charge in [0, 0.05) is 0 Å². The molecule has 0 spiro atoms. The maximum atomic E-state index is 5.91. The van der Waals surface area contributed by atoms with Crippen molar-refractivity contribution >= 4 is 12.2 Å². The molecule has 2 heteroatoms. The van der Waals surface area contributed by atoms with Crippen molar-refractivity contribution in [2.24, 2.45) is 0 Å². The minimum Gasteiger partial charge on any atom is -0.489 e. The van der Waals surface area contributed by atoms with Crippen molar-refractivity contribution in [2.45, 2.75) is 13.2 Å². The maximum Gasteiger partial charge on any atom is 0.119 e. The maximum absolute atomic E-state index is 5.91. The summed E-state index contributed by atoms with van der Waals surface area (Å²) in [6.45, 7) is 8.64. The summed E-state index contributed by atoms with van der Waals surface area (Å²) in [7, 11) is 0. The van der Waals surface area contributed by atoms with Crippen LogP contribution in [0.25, 0.3) is 23.3 Å². The molecule has 0 radical (unpaired) electrons. The Hall–Kier alpha value is -4.04. The van der Waals surface area contributed by atoms with Crippen LogP contribution in [0, 0.1) is 0 Å². The summed E-state index contributed by atoms with van der Waals surface area (Å²) < 4.78 is 11.8. The fourth-order valence-electron chi connectivity index (χ4n) is 3.32. The Balaban J connectivity index is 1.32. The molecule has 0 aliphatic rings. The molecule has 0 amide bonds. The van der Waals surface area contributed by atoms with E-state index in [1.807, 2.05) is 60.7 Å². The fourth-order valence-corrected chi connectivity index (χ4v) is 3.32. The van der Waals surface area contributed by atoms with Crippen LogP contribution in [0.15, 0.2) is 110 Å². The van der Waals surface area contributed by atoms with Crippen molar-refractivity contribution in [1.29, 1.82) is 0 Å². The molecule has 0 bridgehead atoms. The van der Waals surface area contributed by atoms with Crippen LogP contribution >= 0.6 is 0 Å². The summed E-state index contributed by atoms with van der Waals surface area (Å²) in [5, 5.41) is 0. The molecule has 158 valence electrons. The molecule has 0 saturated heterocycles. The van der Waals surface area contributed by atoms with Crippen LogP contribution < -0.4 is 9.47 Å². The third-order valence-electron chi connectivity index (χ3n) is 5.28. The highest BCUT2D eigenvalue weighted by molar-refractivity contribution is 5.65. The van der Waals surface area contributed by atoms with Crippen molar-refractivity contribution in [3.05, 3.63) is 132 Å². The quantitative estimate of drug-likeness (QED) is 0.276. The first-order valence-electron chi connectivity index (χ1n) is 10.6.